The molecule has 0 saturated carbocycles. The van der Waals surface area contributed by atoms with E-state index in [9.17, 15) is 0 Å². The molecule has 2 N–H and O–H groups in total. The molecule has 0 aliphatic carbocycles. The van der Waals surface area contributed by atoms with Gasteiger partial charge in [0.2, 0.25) is 0 Å². The number of halogens is 1. The van der Waals surface area contributed by atoms with Gasteiger partial charge >= 0.3 is 0 Å². The standard InChI is InChI=1S/C9H10BrNO/c10-8-3-1-2-7(4-8)9(11)5-12-6-9/h1-4H,5-6,11H2. The lowest BCUT2D eigenvalue weighted by atomic mass is 9.89. The van der Waals surface area contributed by atoms with Gasteiger partial charge in [-0.25, -0.2) is 0 Å². The minimum Gasteiger partial charge on any atom is -0.377 e. The molecule has 1 saturated heterocycles. The number of hydrogen-bond donors (Lipinski definition) is 1. The Bertz CT molecular complexity index is 296. The highest BCUT2D eigenvalue weighted by atomic mass is 79.9. The highest BCUT2D eigenvalue weighted by Crippen LogP contribution is 2.28. The Morgan fingerprint density at radius 1 is 1.42 bits per heavy atom. The molecular formula is C9H10BrNO. The Labute approximate surface area is 79.8 Å². The number of rotatable bonds is 1. The molecule has 0 unspecified atom stereocenters. The zero-order valence-corrected chi connectivity index (χ0v) is 8.17. The third kappa shape index (κ3) is 1.28. The van der Waals surface area contributed by atoms with Gasteiger partial charge in [-0.1, -0.05) is 28.1 Å². The molecule has 0 spiro atoms. The molecule has 0 radical (unpaired) electrons. The third-order valence-electron chi connectivity index (χ3n) is 2.12. The molecule has 2 nitrogen and oxygen atoms in total. The van der Waals surface area contributed by atoms with Crippen LogP contribution in [0.3, 0.4) is 0 Å². The Morgan fingerprint density at radius 2 is 2.17 bits per heavy atom. The summed E-state index contributed by atoms with van der Waals surface area (Å²) in [6, 6.07) is 8.06. The van der Waals surface area contributed by atoms with Gasteiger partial charge in [0.1, 0.15) is 0 Å². The molecular weight excluding hydrogens is 218 g/mol. The first-order valence-electron chi connectivity index (χ1n) is 3.83. The molecule has 0 amide bonds. The maximum atomic E-state index is 6.05. The predicted molar refractivity (Wildman–Crippen MR) is 50.8 cm³/mol. The quantitative estimate of drug-likeness (QED) is 0.792. The molecule has 1 aliphatic heterocycles. The molecule has 1 aromatic rings. The molecule has 1 heterocycles. The summed E-state index contributed by atoms with van der Waals surface area (Å²) >= 11 is 3.41. The zero-order valence-electron chi connectivity index (χ0n) is 6.59. The first kappa shape index (κ1) is 8.23. The minimum atomic E-state index is -0.246. The SMILES string of the molecule is NC1(c2cccc(Br)c2)COC1. The molecule has 1 aromatic carbocycles. The van der Waals surface area contributed by atoms with Crippen molar-refractivity contribution in [1.82, 2.24) is 0 Å². The van der Waals surface area contributed by atoms with Crippen LogP contribution in [0.25, 0.3) is 0 Å². The van der Waals surface area contributed by atoms with Gasteiger partial charge in [0.25, 0.3) is 0 Å². The number of hydrogen-bond acceptors (Lipinski definition) is 2. The monoisotopic (exact) mass is 227 g/mol. The van der Waals surface area contributed by atoms with E-state index in [0.29, 0.717) is 13.2 Å². The maximum absolute atomic E-state index is 6.05. The maximum Gasteiger partial charge on any atom is 0.0884 e. The van der Waals surface area contributed by atoms with Crippen molar-refractivity contribution in [3.05, 3.63) is 34.3 Å². The van der Waals surface area contributed by atoms with Gasteiger partial charge in [0, 0.05) is 4.47 Å². The van der Waals surface area contributed by atoms with Gasteiger partial charge in [-0.15, -0.1) is 0 Å². The van der Waals surface area contributed by atoms with Gasteiger partial charge in [-0.3, -0.25) is 0 Å². The van der Waals surface area contributed by atoms with E-state index in [4.69, 9.17) is 10.5 Å². The third-order valence-corrected chi connectivity index (χ3v) is 2.61. The molecule has 64 valence electrons. The van der Waals surface area contributed by atoms with Gasteiger partial charge in [0.05, 0.1) is 18.8 Å². The van der Waals surface area contributed by atoms with Gasteiger partial charge < -0.3 is 10.5 Å². The van der Waals surface area contributed by atoms with Crippen LogP contribution in [0.1, 0.15) is 5.56 Å². The molecule has 1 fully saturated rings. The number of nitrogens with two attached hydrogens (primary N) is 1. The lowest BCUT2D eigenvalue weighted by Gasteiger charge is -2.38. The van der Waals surface area contributed by atoms with Gasteiger partial charge in [-0.05, 0) is 17.7 Å². The summed E-state index contributed by atoms with van der Waals surface area (Å²) in [6.45, 7) is 1.26. The van der Waals surface area contributed by atoms with E-state index in [1.165, 1.54) is 0 Å². The molecule has 3 heteroatoms. The van der Waals surface area contributed by atoms with Crippen molar-refractivity contribution in [2.24, 2.45) is 5.73 Å². The normalized spacial score (nSPS) is 20.2. The van der Waals surface area contributed by atoms with Crippen molar-refractivity contribution >= 4 is 15.9 Å². The van der Waals surface area contributed by atoms with Crippen LogP contribution in [0.4, 0.5) is 0 Å². The molecule has 0 aromatic heterocycles. The van der Waals surface area contributed by atoms with Crippen LogP contribution in [-0.4, -0.2) is 13.2 Å². The van der Waals surface area contributed by atoms with Crippen molar-refractivity contribution in [1.29, 1.82) is 0 Å². The second kappa shape index (κ2) is 2.83. The predicted octanol–water partition coefficient (Wildman–Crippen LogP) is 1.63. The molecule has 2 rings (SSSR count). The highest BCUT2D eigenvalue weighted by Gasteiger charge is 2.35. The summed E-state index contributed by atoms with van der Waals surface area (Å²) in [5.74, 6) is 0. The molecule has 0 bridgehead atoms. The van der Waals surface area contributed by atoms with Crippen molar-refractivity contribution in [3.8, 4) is 0 Å². The van der Waals surface area contributed by atoms with E-state index in [-0.39, 0.29) is 5.54 Å². The van der Waals surface area contributed by atoms with Crippen LogP contribution in [-0.2, 0) is 10.3 Å². The van der Waals surface area contributed by atoms with Crippen LogP contribution in [0, 0.1) is 0 Å². The Kier molecular flexibility index (Phi) is 1.94. The Balaban J connectivity index is 2.33. The first-order valence-corrected chi connectivity index (χ1v) is 4.63. The smallest absolute Gasteiger partial charge is 0.0884 e. The summed E-state index contributed by atoms with van der Waals surface area (Å²) in [4.78, 5) is 0. The molecule has 1 aliphatic rings. The average Bonchev–Trinajstić information content (AvgIpc) is 2.00. The second-order valence-electron chi connectivity index (χ2n) is 3.16. The number of benzene rings is 1. The van der Waals surface area contributed by atoms with E-state index < -0.39 is 0 Å². The van der Waals surface area contributed by atoms with Crippen LogP contribution >= 0.6 is 15.9 Å². The fourth-order valence-electron chi connectivity index (χ4n) is 1.29. The average molecular weight is 228 g/mol. The van der Waals surface area contributed by atoms with Crippen molar-refractivity contribution in [3.63, 3.8) is 0 Å². The van der Waals surface area contributed by atoms with Crippen LogP contribution in [0.2, 0.25) is 0 Å². The van der Waals surface area contributed by atoms with Crippen LogP contribution < -0.4 is 5.73 Å². The van der Waals surface area contributed by atoms with E-state index >= 15 is 0 Å². The summed E-state index contributed by atoms with van der Waals surface area (Å²) in [5, 5.41) is 0. The summed E-state index contributed by atoms with van der Waals surface area (Å²) < 4.78 is 6.16. The summed E-state index contributed by atoms with van der Waals surface area (Å²) in [6.07, 6.45) is 0. The number of ether oxygens (including phenoxy) is 1. The van der Waals surface area contributed by atoms with E-state index in [1.54, 1.807) is 0 Å². The van der Waals surface area contributed by atoms with Gasteiger partial charge in [-0.2, -0.15) is 0 Å². The fourth-order valence-corrected chi connectivity index (χ4v) is 1.69. The second-order valence-corrected chi connectivity index (χ2v) is 4.07. The zero-order chi connectivity index (χ0) is 8.60. The molecule has 12 heavy (non-hydrogen) atoms. The van der Waals surface area contributed by atoms with E-state index in [1.807, 2.05) is 24.3 Å². The van der Waals surface area contributed by atoms with Crippen molar-refractivity contribution in [2.45, 2.75) is 5.54 Å². The van der Waals surface area contributed by atoms with Crippen molar-refractivity contribution in [2.75, 3.05) is 13.2 Å². The highest BCUT2D eigenvalue weighted by molar-refractivity contribution is 9.10. The molecule has 0 atom stereocenters. The van der Waals surface area contributed by atoms with Crippen LogP contribution in [0.5, 0.6) is 0 Å². The van der Waals surface area contributed by atoms with E-state index in [2.05, 4.69) is 15.9 Å². The summed E-state index contributed by atoms with van der Waals surface area (Å²) in [5.41, 5.74) is 6.94. The fraction of sp³-hybridized carbons (Fsp3) is 0.333. The van der Waals surface area contributed by atoms with Gasteiger partial charge in [0.15, 0.2) is 0 Å². The van der Waals surface area contributed by atoms with Crippen molar-refractivity contribution < 1.29 is 4.74 Å². The summed E-state index contributed by atoms with van der Waals surface area (Å²) in [7, 11) is 0. The first-order chi connectivity index (χ1) is 5.71. The van der Waals surface area contributed by atoms with E-state index in [0.717, 1.165) is 10.0 Å². The topological polar surface area (TPSA) is 35.2 Å². The lowest BCUT2D eigenvalue weighted by molar-refractivity contribution is -0.0569. The minimum absolute atomic E-state index is 0.246. The largest absolute Gasteiger partial charge is 0.377 e. The Morgan fingerprint density at radius 3 is 2.67 bits per heavy atom. The lowest BCUT2D eigenvalue weighted by Crippen LogP contribution is -2.54. The van der Waals surface area contributed by atoms with Crippen LogP contribution in [0.15, 0.2) is 28.7 Å². The Hall–Kier alpha value is -0.380.